The second-order valence-electron chi connectivity index (χ2n) is 21.0. The number of fused-ring (bicyclic) bond motifs is 5. The van der Waals surface area contributed by atoms with E-state index in [0.717, 1.165) is 4.90 Å². The first kappa shape index (κ1) is 51.0. The number of alkyl carbamates (subject to hydrolysis) is 1. The van der Waals surface area contributed by atoms with E-state index in [1.165, 1.54) is 39.2 Å². The Morgan fingerprint density at radius 3 is 2.17 bits per heavy atom. The number of ether oxygens (including phenoxy) is 4. The van der Waals surface area contributed by atoms with Gasteiger partial charge in [-0.05, 0) is 111 Å². The summed E-state index contributed by atoms with van der Waals surface area (Å²) in [5, 5.41) is 5.38. The summed E-state index contributed by atoms with van der Waals surface area (Å²) in [7, 11) is -7.25. The van der Waals surface area contributed by atoms with E-state index in [4.69, 9.17) is 18.9 Å². The molecule has 1 spiro atoms. The van der Waals surface area contributed by atoms with Crippen LogP contribution >= 0.6 is 0 Å². The van der Waals surface area contributed by atoms with Gasteiger partial charge in [-0.15, -0.1) is 0 Å². The van der Waals surface area contributed by atoms with Gasteiger partial charge in [-0.3, -0.25) is 19.1 Å². The van der Waals surface area contributed by atoms with Crippen LogP contribution in [0.1, 0.15) is 135 Å². The van der Waals surface area contributed by atoms with Gasteiger partial charge in [0.2, 0.25) is 31.9 Å². The van der Waals surface area contributed by atoms with Gasteiger partial charge in [-0.25, -0.2) is 36.1 Å². The van der Waals surface area contributed by atoms with Crippen LogP contribution in [0.4, 0.5) is 22.8 Å². The molecule has 4 heterocycles. The van der Waals surface area contributed by atoms with Gasteiger partial charge in [0.25, 0.3) is 5.91 Å². The van der Waals surface area contributed by atoms with E-state index in [2.05, 4.69) is 20.3 Å². The first-order valence-corrected chi connectivity index (χ1v) is 26.4. The van der Waals surface area contributed by atoms with Crippen molar-refractivity contribution < 1.29 is 72.9 Å². The zero-order valence-corrected chi connectivity index (χ0v) is 41.4. The van der Waals surface area contributed by atoms with Crippen LogP contribution in [0.15, 0.2) is 30.4 Å². The molecule has 1 saturated heterocycles. The number of alkyl halides is 3. The topological polar surface area (TPSA) is 255 Å². The third-order valence-electron chi connectivity index (χ3n) is 14.5. The Kier molecular flexibility index (Phi) is 12.9. The molecule has 70 heavy (non-hydrogen) atoms. The number of hydrogen-bond acceptors (Lipinski definition) is 14. The molecule has 3 aliphatic heterocycles. The summed E-state index contributed by atoms with van der Waals surface area (Å²) in [6.07, 6.45) is -3.53. The normalized spacial score (nSPS) is 28.5. The van der Waals surface area contributed by atoms with E-state index in [1.54, 1.807) is 26.8 Å². The lowest BCUT2D eigenvalue weighted by Crippen LogP contribution is -2.70. The minimum atomic E-state index is -5.23. The fourth-order valence-electron chi connectivity index (χ4n) is 9.65. The van der Waals surface area contributed by atoms with E-state index in [1.807, 2.05) is 10.8 Å². The number of aromatic nitrogens is 1. The molecular weight excluding hydrogens is 966 g/mol. The monoisotopic (exact) mass is 1020 g/mol. The molecule has 384 valence electrons. The van der Waals surface area contributed by atoms with E-state index in [-0.39, 0.29) is 47.9 Å². The highest BCUT2D eigenvalue weighted by Crippen LogP contribution is 2.54. The Balaban J connectivity index is 1.25. The van der Waals surface area contributed by atoms with Crippen molar-refractivity contribution in [3.8, 4) is 11.5 Å². The van der Waals surface area contributed by atoms with Crippen molar-refractivity contribution >= 4 is 60.9 Å². The van der Waals surface area contributed by atoms with Gasteiger partial charge < -0.3 is 34.5 Å². The summed E-state index contributed by atoms with van der Waals surface area (Å²) in [4.78, 5) is 76.6. The summed E-state index contributed by atoms with van der Waals surface area (Å²) in [6.45, 7) is 7.07. The number of methoxy groups -OCH3 is 1. The van der Waals surface area contributed by atoms with Crippen molar-refractivity contribution in [2.75, 3.05) is 13.7 Å². The van der Waals surface area contributed by atoms with E-state index >= 15 is 22.8 Å². The number of rotatable bonds is 8. The first-order chi connectivity index (χ1) is 32.5. The largest absolute Gasteiger partial charge is 0.497 e. The molecule has 4 fully saturated rings. The highest BCUT2D eigenvalue weighted by molar-refractivity contribution is 7.92. The Hall–Kier alpha value is -5.39. The number of allylic oxidation sites excluding steroid dienone is 1. The van der Waals surface area contributed by atoms with Gasteiger partial charge in [0.15, 0.2) is 11.4 Å². The maximum atomic E-state index is 15.3. The van der Waals surface area contributed by atoms with Crippen LogP contribution in [0.5, 0.6) is 11.5 Å². The quantitative estimate of drug-likeness (QED) is 0.231. The van der Waals surface area contributed by atoms with Crippen molar-refractivity contribution in [3.63, 3.8) is 0 Å². The molecule has 8 rings (SSSR count). The molecule has 19 nitrogen and oxygen atoms in total. The number of halogens is 3. The molecule has 3 saturated carbocycles. The third kappa shape index (κ3) is 9.81. The van der Waals surface area contributed by atoms with Crippen LogP contribution in [0.2, 0.25) is 0 Å². The number of carbonyl (C=O) groups is 5. The molecule has 24 heteroatoms. The van der Waals surface area contributed by atoms with Gasteiger partial charge >= 0.3 is 18.4 Å². The Morgan fingerprint density at radius 1 is 0.900 bits per heavy atom. The average molecular weight is 1030 g/mol. The molecule has 6 unspecified atom stereocenters. The summed E-state index contributed by atoms with van der Waals surface area (Å²) >= 11 is 0. The molecule has 5 amide bonds. The van der Waals surface area contributed by atoms with E-state index < -0.39 is 137 Å². The number of benzene rings is 1. The molecular formula is C46H59F3N6O13S2. The van der Waals surface area contributed by atoms with Crippen LogP contribution < -0.4 is 29.6 Å². The van der Waals surface area contributed by atoms with Crippen molar-refractivity contribution in [2.24, 2.45) is 5.92 Å². The summed E-state index contributed by atoms with van der Waals surface area (Å²) < 4.78 is 124. The predicted molar refractivity (Wildman–Crippen MR) is 244 cm³/mol. The predicted octanol–water partition coefficient (Wildman–Crippen LogP) is 5.71. The number of nitrogens with one attached hydrogen (secondary N) is 4. The maximum Gasteiger partial charge on any atom is 0.437 e. The SMILES string of the molecule is COc1ccc2nc(C(F)(F)F)c3c(c2c1)C(OC(=O)NS(=O)(=O)C1(C)CC1)CC1(CC2C(=O)NC4(C(=O)NS(=O)(=O)C5(C)CC5)CCC4C=CCCCCCC(NC(=O)OC(C)(C)C)C(=O)N2C1)O3. The second-order valence-corrected chi connectivity index (χ2v) is 25.4. The second kappa shape index (κ2) is 17.7. The molecule has 3 aliphatic carbocycles. The zero-order chi connectivity index (χ0) is 51.0. The Morgan fingerprint density at radius 2 is 1.57 bits per heavy atom. The summed E-state index contributed by atoms with van der Waals surface area (Å²) in [5.41, 5.74) is -7.03. The van der Waals surface area contributed by atoms with Crippen LogP contribution in [0, 0.1) is 5.92 Å². The number of amides is 5. The smallest absolute Gasteiger partial charge is 0.437 e. The number of nitrogens with zero attached hydrogens (tertiary/aromatic N) is 2. The minimum Gasteiger partial charge on any atom is -0.497 e. The third-order valence-corrected chi connectivity index (χ3v) is 18.8. The molecule has 0 bridgehead atoms. The van der Waals surface area contributed by atoms with Gasteiger partial charge in [-0.2, -0.15) is 13.2 Å². The number of hydrogen-bond donors (Lipinski definition) is 4. The maximum absolute atomic E-state index is 15.3. The summed E-state index contributed by atoms with van der Waals surface area (Å²) in [5.74, 6) is -4.33. The molecule has 6 aliphatic rings. The van der Waals surface area contributed by atoms with Gasteiger partial charge in [0.1, 0.15) is 40.7 Å². The molecule has 1 aromatic carbocycles. The lowest BCUT2D eigenvalue weighted by atomic mass is 9.65. The molecule has 6 atom stereocenters. The van der Waals surface area contributed by atoms with Crippen molar-refractivity contribution in [3.05, 3.63) is 41.6 Å². The van der Waals surface area contributed by atoms with Gasteiger partial charge in [0.05, 0.1) is 28.7 Å². The van der Waals surface area contributed by atoms with Crippen LogP contribution in [0.25, 0.3) is 10.9 Å². The fourth-order valence-corrected chi connectivity index (χ4v) is 12.1. The van der Waals surface area contributed by atoms with Crippen LogP contribution in [-0.2, 0) is 50.1 Å². The number of sulfonamides is 2. The van der Waals surface area contributed by atoms with Crippen molar-refractivity contribution in [1.82, 2.24) is 30.0 Å². The zero-order valence-electron chi connectivity index (χ0n) is 39.7. The Bertz CT molecular complexity index is 2760. The molecule has 2 aromatic rings. The Labute approximate surface area is 403 Å². The first-order valence-electron chi connectivity index (χ1n) is 23.4. The molecule has 0 radical (unpaired) electrons. The highest BCUT2D eigenvalue weighted by atomic mass is 32.2. The highest BCUT2D eigenvalue weighted by Gasteiger charge is 2.61. The van der Waals surface area contributed by atoms with E-state index in [0.29, 0.717) is 44.9 Å². The van der Waals surface area contributed by atoms with Crippen LogP contribution in [-0.4, -0.2) is 109 Å². The number of carbonyl (C=O) groups excluding carboxylic acids is 5. The van der Waals surface area contributed by atoms with Crippen molar-refractivity contribution in [2.45, 2.75) is 169 Å². The standard InChI is InChI=1S/C46H59F3N6O13S2/c1-41(2,3)68-39(59)51-30-13-11-9-7-8-10-12-26-16-17-45(26,38(58)53-69(61,62)42(4)18-19-42)52-36(56)31-23-44(25-55(31)37(30)57)24-32(66-40(60)54-70(63,64)43(5)20-21-43)33-28-22-27(65-6)14-15-29(28)50-35(34(33)67-44)46(47,48)49/h10,12,14-15,22,26,30-32H,7-9,11,13,16-21,23-25H2,1-6H3,(H,51,59)(H,52,56)(H,53,58)(H,54,60). The summed E-state index contributed by atoms with van der Waals surface area (Å²) in [6, 6.07) is 0.915. The van der Waals surface area contributed by atoms with Crippen molar-refractivity contribution in [1.29, 1.82) is 0 Å². The molecule has 1 aromatic heterocycles. The number of pyridine rings is 1. The molecule has 4 N–H and O–H groups in total. The average Bonchev–Trinajstić information content (AvgIpc) is 4.17. The van der Waals surface area contributed by atoms with Gasteiger partial charge in [0, 0.05) is 29.7 Å². The van der Waals surface area contributed by atoms with Gasteiger partial charge in [-0.1, -0.05) is 25.0 Å². The van der Waals surface area contributed by atoms with E-state index in [9.17, 15) is 31.2 Å². The lowest BCUT2D eigenvalue weighted by molar-refractivity contribution is -0.145. The minimum absolute atomic E-state index is 0.0117. The van der Waals surface area contributed by atoms with Crippen LogP contribution in [0.3, 0.4) is 0 Å². The fraction of sp³-hybridized carbons (Fsp3) is 0.652. The lowest BCUT2D eigenvalue weighted by Gasteiger charge is -2.48.